The van der Waals surface area contributed by atoms with Crippen molar-refractivity contribution in [3.05, 3.63) is 75.8 Å². The second-order valence-electron chi connectivity index (χ2n) is 6.87. The van der Waals surface area contributed by atoms with Crippen LogP contribution in [0.1, 0.15) is 25.7 Å². The van der Waals surface area contributed by atoms with Crippen LogP contribution in [0.15, 0.2) is 54.6 Å². The number of primary amides is 1. The van der Waals surface area contributed by atoms with Crippen molar-refractivity contribution in [3.63, 3.8) is 0 Å². The summed E-state index contributed by atoms with van der Waals surface area (Å²) in [5, 5.41) is 8.51. The van der Waals surface area contributed by atoms with Crippen molar-refractivity contribution < 1.29 is 19.1 Å². The van der Waals surface area contributed by atoms with Gasteiger partial charge in [0.05, 0.1) is 11.4 Å². The molecule has 0 aliphatic carbocycles. The fraction of sp³-hybridized carbons (Fsp3) is 0.0909. The molecule has 0 spiro atoms. The molecule has 2 heterocycles. The zero-order valence-electron chi connectivity index (χ0n) is 16.8. The Hall–Kier alpha value is -3.69. The van der Waals surface area contributed by atoms with Gasteiger partial charge in [0.15, 0.2) is 6.61 Å². The molecule has 4 rings (SSSR count). The van der Waals surface area contributed by atoms with Gasteiger partial charge in [-0.3, -0.25) is 9.59 Å². The third-order valence-electron chi connectivity index (χ3n) is 4.59. The number of benzene rings is 2. The van der Waals surface area contributed by atoms with Crippen molar-refractivity contribution in [2.24, 2.45) is 5.73 Å². The maximum absolute atomic E-state index is 12.5. The predicted molar refractivity (Wildman–Crippen MR) is 123 cm³/mol. The van der Waals surface area contributed by atoms with Gasteiger partial charge < -0.3 is 15.8 Å². The van der Waals surface area contributed by atoms with Crippen molar-refractivity contribution in [1.82, 2.24) is 9.78 Å². The van der Waals surface area contributed by atoms with Crippen LogP contribution in [-0.2, 0) is 9.53 Å². The second-order valence-corrected chi connectivity index (χ2v) is 8.34. The lowest BCUT2D eigenvalue weighted by Crippen LogP contribution is -2.20. The Balaban J connectivity index is 1.44. The molecule has 2 aromatic carbocycles. The van der Waals surface area contributed by atoms with Crippen LogP contribution >= 0.6 is 22.9 Å². The minimum absolute atomic E-state index is 0.325. The molecule has 2 amide bonds. The molecular weight excluding hydrogens is 452 g/mol. The number of nitrogens with one attached hydrogen (secondary N) is 1. The number of nitrogens with zero attached hydrogens (tertiary/aromatic N) is 2. The van der Waals surface area contributed by atoms with E-state index in [9.17, 15) is 14.4 Å². The van der Waals surface area contributed by atoms with E-state index in [1.807, 2.05) is 19.1 Å². The van der Waals surface area contributed by atoms with E-state index in [2.05, 4.69) is 10.4 Å². The number of aromatic nitrogens is 2. The van der Waals surface area contributed by atoms with Gasteiger partial charge in [-0.1, -0.05) is 17.7 Å². The van der Waals surface area contributed by atoms with Crippen LogP contribution < -0.4 is 11.1 Å². The Morgan fingerprint density at radius 3 is 2.59 bits per heavy atom. The molecular formula is C22H17ClN4O4S. The Bertz CT molecular complexity index is 1340. The minimum atomic E-state index is -0.609. The number of amides is 2. The quantitative estimate of drug-likeness (QED) is 0.416. The number of aryl methyl sites for hydroxylation is 1. The smallest absolute Gasteiger partial charge is 0.348 e. The molecule has 0 fully saturated rings. The van der Waals surface area contributed by atoms with Gasteiger partial charge in [-0.15, -0.1) is 11.3 Å². The number of thiophene rings is 1. The summed E-state index contributed by atoms with van der Waals surface area (Å²) >= 11 is 7.31. The second kappa shape index (κ2) is 8.81. The van der Waals surface area contributed by atoms with Crippen LogP contribution in [0.2, 0.25) is 5.02 Å². The SMILES string of the molecule is Cc1nn(-c2cccc(Cl)c2)c2sc(C(=O)OCC(=O)Nc3ccc(C(N)=O)cc3)cc12. The molecule has 0 saturated heterocycles. The third kappa shape index (κ3) is 4.48. The molecule has 0 unspecified atom stereocenters. The van der Waals surface area contributed by atoms with E-state index in [1.165, 1.54) is 35.6 Å². The molecule has 0 bridgehead atoms. The van der Waals surface area contributed by atoms with E-state index >= 15 is 0 Å². The topological polar surface area (TPSA) is 116 Å². The minimum Gasteiger partial charge on any atom is -0.451 e. The van der Waals surface area contributed by atoms with Crippen molar-refractivity contribution in [2.75, 3.05) is 11.9 Å². The summed E-state index contributed by atoms with van der Waals surface area (Å²) in [7, 11) is 0. The summed E-state index contributed by atoms with van der Waals surface area (Å²) in [6.07, 6.45) is 0. The van der Waals surface area contributed by atoms with Crippen LogP contribution in [0.4, 0.5) is 5.69 Å². The van der Waals surface area contributed by atoms with Gasteiger partial charge in [-0.25, -0.2) is 9.48 Å². The summed E-state index contributed by atoms with van der Waals surface area (Å²) in [6, 6.07) is 15.0. The fourth-order valence-corrected chi connectivity index (χ4v) is 4.31. The third-order valence-corrected chi connectivity index (χ3v) is 5.91. The number of hydrogen-bond acceptors (Lipinski definition) is 6. The number of esters is 1. The molecule has 0 saturated carbocycles. The van der Waals surface area contributed by atoms with E-state index in [-0.39, 0.29) is 0 Å². The number of nitrogens with two attached hydrogens (primary N) is 1. The van der Waals surface area contributed by atoms with Crippen LogP contribution in [0.3, 0.4) is 0 Å². The molecule has 162 valence electrons. The molecule has 2 aromatic heterocycles. The predicted octanol–water partition coefficient (Wildman–Crippen LogP) is 3.94. The maximum Gasteiger partial charge on any atom is 0.348 e. The van der Waals surface area contributed by atoms with Crippen molar-refractivity contribution >= 4 is 56.6 Å². The lowest BCUT2D eigenvalue weighted by atomic mass is 10.2. The van der Waals surface area contributed by atoms with E-state index in [4.69, 9.17) is 22.1 Å². The number of fused-ring (bicyclic) bond motifs is 1. The molecule has 32 heavy (non-hydrogen) atoms. The highest BCUT2D eigenvalue weighted by Crippen LogP contribution is 2.31. The zero-order chi connectivity index (χ0) is 22.8. The van der Waals surface area contributed by atoms with Gasteiger partial charge >= 0.3 is 5.97 Å². The highest BCUT2D eigenvalue weighted by Gasteiger charge is 2.19. The van der Waals surface area contributed by atoms with E-state index < -0.39 is 24.4 Å². The number of rotatable bonds is 6. The van der Waals surface area contributed by atoms with Gasteiger partial charge in [0.1, 0.15) is 9.71 Å². The Morgan fingerprint density at radius 2 is 1.91 bits per heavy atom. The van der Waals surface area contributed by atoms with Crippen LogP contribution in [0.25, 0.3) is 15.9 Å². The molecule has 8 nitrogen and oxygen atoms in total. The first-order chi connectivity index (χ1) is 15.3. The van der Waals surface area contributed by atoms with E-state index in [0.717, 1.165) is 21.6 Å². The molecule has 0 aliphatic rings. The normalized spacial score (nSPS) is 10.8. The Labute approximate surface area is 191 Å². The van der Waals surface area contributed by atoms with E-state index in [1.54, 1.807) is 22.9 Å². The van der Waals surface area contributed by atoms with Gasteiger partial charge in [0, 0.05) is 21.7 Å². The average molecular weight is 469 g/mol. The number of carbonyl (C=O) groups excluding carboxylic acids is 3. The zero-order valence-corrected chi connectivity index (χ0v) is 18.4. The summed E-state index contributed by atoms with van der Waals surface area (Å²) in [4.78, 5) is 36.8. The monoisotopic (exact) mass is 468 g/mol. The number of hydrogen-bond donors (Lipinski definition) is 2. The van der Waals surface area contributed by atoms with Crippen molar-refractivity contribution in [3.8, 4) is 5.69 Å². The van der Waals surface area contributed by atoms with Crippen molar-refractivity contribution in [1.29, 1.82) is 0 Å². The number of carbonyl (C=O) groups is 3. The van der Waals surface area contributed by atoms with Gasteiger partial charge in [-0.05, 0) is 55.5 Å². The molecule has 3 N–H and O–H groups in total. The summed E-state index contributed by atoms with van der Waals surface area (Å²) in [5.74, 6) is -1.68. The molecule has 10 heteroatoms. The molecule has 4 aromatic rings. The standard InChI is InChI=1S/C22H17ClN4O4S/c1-12-17-10-18(32-21(17)27(26-12)16-4-2-3-14(23)9-16)22(30)31-11-19(28)25-15-7-5-13(6-8-15)20(24)29/h2-10H,11H2,1H3,(H2,24,29)(H,25,28). The first-order valence-electron chi connectivity index (χ1n) is 9.44. The summed E-state index contributed by atoms with van der Waals surface area (Å²) < 4.78 is 6.88. The largest absolute Gasteiger partial charge is 0.451 e. The number of halogens is 1. The van der Waals surface area contributed by atoms with Crippen molar-refractivity contribution in [2.45, 2.75) is 6.92 Å². The van der Waals surface area contributed by atoms with Crippen LogP contribution in [-0.4, -0.2) is 34.2 Å². The van der Waals surface area contributed by atoms with Gasteiger partial charge in [0.25, 0.3) is 5.91 Å². The molecule has 0 atom stereocenters. The lowest BCUT2D eigenvalue weighted by Gasteiger charge is -2.06. The Kier molecular flexibility index (Phi) is 5.93. The number of ether oxygens (including phenoxy) is 1. The average Bonchev–Trinajstić information content (AvgIpc) is 3.33. The Morgan fingerprint density at radius 1 is 1.16 bits per heavy atom. The summed E-state index contributed by atoms with van der Waals surface area (Å²) in [6.45, 7) is 1.40. The van der Waals surface area contributed by atoms with Crippen LogP contribution in [0.5, 0.6) is 0 Å². The van der Waals surface area contributed by atoms with E-state index in [0.29, 0.717) is 21.2 Å². The fourth-order valence-electron chi connectivity index (χ4n) is 3.05. The molecule has 0 radical (unpaired) electrons. The van der Waals surface area contributed by atoms with Crippen LogP contribution in [0, 0.1) is 6.92 Å². The first-order valence-corrected chi connectivity index (χ1v) is 10.6. The maximum atomic E-state index is 12.5. The lowest BCUT2D eigenvalue weighted by molar-refractivity contribution is -0.119. The van der Waals surface area contributed by atoms with Gasteiger partial charge in [0.2, 0.25) is 5.91 Å². The summed E-state index contributed by atoms with van der Waals surface area (Å²) in [5.41, 5.74) is 7.50. The highest BCUT2D eigenvalue weighted by atomic mass is 35.5. The number of anilines is 1. The van der Waals surface area contributed by atoms with Gasteiger partial charge in [-0.2, -0.15) is 5.10 Å². The molecule has 0 aliphatic heterocycles. The highest BCUT2D eigenvalue weighted by molar-refractivity contribution is 7.20. The first kappa shape index (κ1) is 21.5.